The first-order valence-corrected chi connectivity index (χ1v) is 2.74. The zero-order chi connectivity index (χ0) is 8.15. The zero-order valence-electron chi connectivity index (χ0n) is 5.28. The van der Waals surface area contributed by atoms with E-state index in [4.69, 9.17) is 15.9 Å². The molecule has 0 bridgehead atoms. The molecule has 0 aromatic carbocycles. The first kappa shape index (κ1) is 14.5. The molecule has 60 valence electrons. The van der Waals surface area contributed by atoms with Gasteiger partial charge in [-0.25, -0.2) is 0 Å². The van der Waals surface area contributed by atoms with Gasteiger partial charge in [0.2, 0.25) is 0 Å². The van der Waals surface area contributed by atoms with Crippen molar-refractivity contribution in [3.63, 3.8) is 0 Å². The molecule has 0 fully saturated rings. The van der Waals surface area contributed by atoms with Crippen LogP contribution in [-0.2, 0) is 9.59 Å². The molecule has 0 rings (SSSR count). The van der Waals surface area contributed by atoms with E-state index < -0.39 is 18.0 Å². The van der Waals surface area contributed by atoms with E-state index in [0.717, 1.165) is 0 Å². The standard InChI is InChI=1S/C5H9NO4.Cs.H/c6-3(5(9)10)1-2-4(7)8;;/h3H,1-2,6H2,(H,7,8)(H,9,10);;. The number of carboxylic acid groups (broad SMARTS) is 2. The fourth-order valence-corrected chi connectivity index (χ4v) is 0.402. The van der Waals surface area contributed by atoms with Crippen LogP contribution < -0.4 is 5.73 Å². The van der Waals surface area contributed by atoms with E-state index in [1.54, 1.807) is 0 Å². The molecule has 6 heteroatoms. The van der Waals surface area contributed by atoms with Crippen molar-refractivity contribution in [2.45, 2.75) is 18.9 Å². The molecule has 0 aromatic heterocycles. The summed E-state index contributed by atoms with van der Waals surface area (Å²) in [5.74, 6) is -2.20. The average molecular weight is 281 g/mol. The third-order valence-electron chi connectivity index (χ3n) is 0.986. The third kappa shape index (κ3) is 8.86. The van der Waals surface area contributed by atoms with Gasteiger partial charge in [0.05, 0.1) is 0 Å². The van der Waals surface area contributed by atoms with Crippen LogP contribution in [0.2, 0.25) is 0 Å². The summed E-state index contributed by atoms with van der Waals surface area (Å²) in [5, 5.41) is 16.3. The molecule has 0 saturated carbocycles. The van der Waals surface area contributed by atoms with Crippen LogP contribution in [0.1, 0.15) is 12.8 Å². The summed E-state index contributed by atoms with van der Waals surface area (Å²) in [7, 11) is 0. The second kappa shape index (κ2) is 7.59. The van der Waals surface area contributed by atoms with Crippen molar-refractivity contribution in [1.82, 2.24) is 0 Å². The molecule has 0 saturated heterocycles. The van der Waals surface area contributed by atoms with Crippen LogP contribution in [0, 0.1) is 0 Å². The fraction of sp³-hybridized carbons (Fsp3) is 0.600. The number of carbonyl (C=O) groups is 2. The van der Waals surface area contributed by atoms with E-state index in [-0.39, 0.29) is 81.7 Å². The summed E-state index contributed by atoms with van der Waals surface area (Å²) in [6.07, 6.45) is -0.224. The average Bonchev–Trinajstić information content (AvgIpc) is 1.82. The van der Waals surface area contributed by atoms with Crippen molar-refractivity contribution in [3.8, 4) is 0 Å². The molecule has 0 aromatic rings. The molecular formula is C5H10CsNO4. The molecule has 0 heterocycles. The summed E-state index contributed by atoms with van der Waals surface area (Å²) in [6, 6.07) is -1.06. The monoisotopic (exact) mass is 281 g/mol. The van der Waals surface area contributed by atoms with E-state index in [1.165, 1.54) is 0 Å². The van der Waals surface area contributed by atoms with Crippen molar-refractivity contribution in [1.29, 1.82) is 0 Å². The number of carboxylic acids is 2. The van der Waals surface area contributed by atoms with Crippen molar-refractivity contribution in [2.75, 3.05) is 0 Å². The van der Waals surface area contributed by atoms with E-state index in [9.17, 15) is 9.59 Å². The SMILES string of the molecule is NC(CCC(=O)O)C(=O)O.[CsH]. The second-order valence-electron chi connectivity index (χ2n) is 1.88. The Morgan fingerprint density at radius 2 is 1.82 bits per heavy atom. The predicted molar refractivity (Wildman–Crippen MR) is 39.6 cm³/mol. The van der Waals surface area contributed by atoms with E-state index >= 15 is 0 Å². The van der Waals surface area contributed by atoms with Crippen LogP contribution in [0.15, 0.2) is 0 Å². The minimum absolute atomic E-state index is 0. The van der Waals surface area contributed by atoms with Crippen LogP contribution in [0.4, 0.5) is 0 Å². The number of rotatable bonds is 4. The molecule has 1 atom stereocenters. The van der Waals surface area contributed by atoms with Crippen LogP contribution in [0.3, 0.4) is 0 Å². The summed E-state index contributed by atoms with van der Waals surface area (Å²) < 4.78 is 0. The molecule has 0 aliphatic rings. The number of nitrogens with two attached hydrogens (primary N) is 1. The predicted octanol–water partition coefficient (Wildman–Crippen LogP) is -1.39. The van der Waals surface area contributed by atoms with Crippen LogP contribution >= 0.6 is 0 Å². The molecular weight excluding hydrogens is 271 g/mol. The molecule has 0 amide bonds. The summed E-state index contributed by atoms with van der Waals surface area (Å²) in [6.45, 7) is 0. The van der Waals surface area contributed by atoms with Gasteiger partial charge in [0.1, 0.15) is 6.04 Å². The first-order valence-electron chi connectivity index (χ1n) is 2.74. The van der Waals surface area contributed by atoms with Gasteiger partial charge in [0.25, 0.3) is 0 Å². The van der Waals surface area contributed by atoms with E-state index in [0.29, 0.717) is 0 Å². The Kier molecular flexibility index (Phi) is 9.99. The van der Waals surface area contributed by atoms with Crippen LogP contribution in [0.5, 0.6) is 0 Å². The van der Waals surface area contributed by atoms with E-state index in [1.807, 2.05) is 0 Å². The number of hydrogen-bond acceptors (Lipinski definition) is 3. The van der Waals surface area contributed by atoms with Crippen LogP contribution in [0.25, 0.3) is 0 Å². The number of aliphatic carboxylic acids is 2. The quantitative estimate of drug-likeness (QED) is 0.589. The Balaban J connectivity index is 0. The van der Waals surface area contributed by atoms with Crippen molar-refractivity contribution < 1.29 is 19.8 Å². The molecule has 0 aliphatic carbocycles. The third-order valence-corrected chi connectivity index (χ3v) is 0.986. The van der Waals surface area contributed by atoms with Gasteiger partial charge in [0.15, 0.2) is 0 Å². The van der Waals surface area contributed by atoms with Crippen molar-refractivity contribution in [2.24, 2.45) is 5.73 Å². The molecule has 11 heavy (non-hydrogen) atoms. The molecule has 5 nitrogen and oxygen atoms in total. The number of hydrogen-bond donors (Lipinski definition) is 3. The molecule has 4 N–H and O–H groups in total. The minimum atomic E-state index is -1.17. The molecule has 1 unspecified atom stereocenters. The first-order chi connectivity index (χ1) is 4.54. The van der Waals surface area contributed by atoms with Gasteiger partial charge in [-0.1, -0.05) is 0 Å². The molecule has 0 aliphatic heterocycles. The Morgan fingerprint density at radius 3 is 2.09 bits per heavy atom. The van der Waals surface area contributed by atoms with Crippen molar-refractivity contribution >= 4 is 80.8 Å². The van der Waals surface area contributed by atoms with Gasteiger partial charge in [-0.2, -0.15) is 0 Å². The van der Waals surface area contributed by atoms with Gasteiger partial charge < -0.3 is 15.9 Å². The Bertz CT molecular complexity index is 149. The van der Waals surface area contributed by atoms with Crippen LogP contribution in [-0.4, -0.2) is 97.1 Å². The molecule has 0 spiro atoms. The summed E-state index contributed by atoms with van der Waals surface area (Å²) >= 11 is 0. The topological polar surface area (TPSA) is 101 Å². The van der Waals surface area contributed by atoms with Gasteiger partial charge in [-0.05, 0) is 6.42 Å². The summed E-state index contributed by atoms with van der Waals surface area (Å²) in [5.41, 5.74) is 5.00. The van der Waals surface area contributed by atoms with E-state index in [2.05, 4.69) is 0 Å². The van der Waals surface area contributed by atoms with Crippen molar-refractivity contribution in [3.05, 3.63) is 0 Å². The second-order valence-corrected chi connectivity index (χ2v) is 1.88. The van der Waals surface area contributed by atoms with Gasteiger partial charge in [0, 0.05) is 6.42 Å². The van der Waals surface area contributed by atoms with Gasteiger partial charge in [-0.15, -0.1) is 0 Å². The maximum atomic E-state index is 9.99. The Labute approximate surface area is 123 Å². The summed E-state index contributed by atoms with van der Waals surface area (Å²) in [4.78, 5) is 19.9. The zero-order valence-corrected chi connectivity index (χ0v) is 5.28. The van der Waals surface area contributed by atoms with Gasteiger partial charge in [-0.3, -0.25) is 9.59 Å². The van der Waals surface area contributed by atoms with Gasteiger partial charge >= 0.3 is 80.8 Å². The Morgan fingerprint density at radius 1 is 1.36 bits per heavy atom. The fourth-order valence-electron chi connectivity index (χ4n) is 0.402. The normalized spacial score (nSPS) is 11.4. The molecule has 0 radical (unpaired) electrons. The Hall–Kier alpha value is 0.952. The maximum absolute atomic E-state index is 9.99.